The number of hydrazone groups is 2. The number of carbonyl (C=O) groups excluding carboxylic acids is 2. The van der Waals surface area contributed by atoms with Crippen LogP contribution in [0.5, 0.6) is 0 Å². The van der Waals surface area contributed by atoms with Crippen LogP contribution >= 0.6 is 0 Å². The van der Waals surface area contributed by atoms with Crippen molar-refractivity contribution in [3.63, 3.8) is 0 Å². The van der Waals surface area contributed by atoms with Crippen LogP contribution in [0, 0.1) is 11.8 Å². The number of rotatable bonds is 4. The molecule has 0 spiro atoms. The summed E-state index contributed by atoms with van der Waals surface area (Å²) in [6, 6.07) is 17.9. The molecule has 0 heterocycles. The van der Waals surface area contributed by atoms with E-state index in [1.54, 1.807) is 0 Å². The van der Waals surface area contributed by atoms with Crippen LogP contribution in [0.4, 0.5) is 21.0 Å². The van der Waals surface area contributed by atoms with Gasteiger partial charge in [0.05, 0.1) is 0 Å². The molecule has 0 aliphatic heterocycles. The fourth-order valence-corrected chi connectivity index (χ4v) is 4.14. The number of nitrogens with one attached hydrogen (secondary N) is 4. The fraction of sp³-hybridized carbons (Fsp3) is 0.304. The van der Waals surface area contributed by atoms with Crippen molar-refractivity contribution >= 4 is 34.9 Å². The molecular weight excluding hydrogens is 392 g/mol. The molecule has 2 bridgehead atoms. The zero-order valence-electron chi connectivity index (χ0n) is 17.2. The second-order valence-electron chi connectivity index (χ2n) is 7.78. The molecule has 4 amide bonds. The summed E-state index contributed by atoms with van der Waals surface area (Å²) in [5.74, 6) is 0.681. The summed E-state index contributed by atoms with van der Waals surface area (Å²) in [7, 11) is 0. The third-order valence-corrected chi connectivity index (χ3v) is 5.67. The van der Waals surface area contributed by atoms with Gasteiger partial charge in [-0.2, -0.15) is 10.2 Å². The van der Waals surface area contributed by atoms with Crippen LogP contribution in [0.15, 0.2) is 70.9 Å². The first-order valence-electron chi connectivity index (χ1n) is 10.5. The molecule has 2 fully saturated rings. The van der Waals surface area contributed by atoms with Crippen molar-refractivity contribution in [3.05, 3.63) is 60.7 Å². The first-order valence-corrected chi connectivity index (χ1v) is 10.5. The fourth-order valence-electron chi connectivity index (χ4n) is 4.14. The number of fused-ring (bicyclic) bond motifs is 2. The molecule has 4 N–H and O–H groups in total. The minimum atomic E-state index is -0.340. The van der Waals surface area contributed by atoms with Crippen LogP contribution in [0.1, 0.15) is 32.1 Å². The van der Waals surface area contributed by atoms with Crippen molar-refractivity contribution < 1.29 is 9.59 Å². The normalized spacial score (nSPS) is 22.6. The Morgan fingerprint density at radius 1 is 0.677 bits per heavy atom. The van der Waals surface area contributed by atoms with E-state index in [-0.39, 0.29) is 12.1 Å². The Balaban J connectivity index is 1.26. The molecule has 31 heavy (non-hydrogen) atoms. The van der Waals surface area contributed by atoms with Crippen molar-refractivity contribution in [2.75, 3.05) is 10.6 Å². The first kappa shape index (κ1) is 20.6. The van der Waals surface area contributed by atoms with E-state index in [0.717, 1.165) is 54.9 Å². The monoisotopic (exact) mass is 418 g/mol. The number of para-hydroxylation sites is 2. The van der Waals surface area contributed by atoms with E-state index >= 15 is 0 Å². The molecule has 2 saturated carbocycles. The molecule has 2 aromatic carbocycles. The van der Waals surface area contributed by atoms with Crippen LogP contribution in [-0.2, 0) is 0 Å². The summed E-state index contributed by atoms with van der Waals surface area (Å²) in [4.78, 5) is 24.1. The van der Waals surface area contributed by atoms with Gasteiger partial charge in [0.1, 0.15) is 0 Å². The molecule has 2 atom stereocenters. The van der Waals surface area contributed by atoms with E-state index in [1.807, 2.05) is 60.7 Å². The average Bonchev–Trinajstić information content (AvgIpc) is 2.79. The van der Waals surface area contributed by atoms with Gasteiger partial charge >= 0.3 is 12.1 Å². The lowest BCUT2D eigenvalue weighted by Gasteiger charge is -2.36. The lowest BCUT2D eigenvalue weighted by Crippen LogP contribution is -2.38. The number of benzene rings is 2. The number of nitrogens with zero attached hydrogens (tertiary/aromatic N) is 2. The van der Waals surface area contributed by atoms with Crippen LogP contribution in [0.3, 0.4) is 0 Å². The third-order valence-electron chi connectivity index (χ3n) is 5.67. The number of hydrogen-bond acceptors (Lipinski definition) is 4. The number of urea groups is 2. The predicted octanol–water partition coefficient (Wildman–Crippen LogP) is 4.55. The SMILES string of the molecule is O=C(N/N=C1/CC[C@H]2C[C@H]1CC/C2=N\NC(=O)Nc1ccccc1)Nc1ccccc1. The molecule has 2 aliphatic rings. The maximum atomic E-state index is 12.1. The summed E-state index contributed by atoms with van der Waals surface area (Å²) in [6.07, 6.45) is 4.41. The maximum Gasteiger partial charge on any atom is 0.339 e. The Hall–Kier alpha value is -3.68. The Labute approximate surface area is 181 Å². The Morgan fingerprint density at radius 3 is 1.52 bits per heavy atom. The number of carbonyl (C=O) groups is 2. The molecule has 2 aromatic rings. The van der Waals surface area contributed by atoms with Crippen molar-refractivity contribution in [2.45, 2.75) is 32.1 Å². The van der Waals surface area contributed by atoms with E-state index in [0.29, 0.717) is 11.8 Å². The molecule has 2 aliphatic carbocycles. The second kappa shape index (κ2) is 9.88. The van der Waals surface area contributed by atoms with Crippen LogP contribution in [0.2, 0.25) is 0 Å². The molecule has 160 valence electrons. The predicted molar refractivity (Wildman–Crippen MR) is 122 cm³/mol. The highest BCUT2D eigenvalue weighted by atomic mass is 16.2. The standard InChI is InChI=1S/C23H26N6O2/c30-22(24-18-7-3-1-4-8-18)28-26-20-13-11-17-15-16(20)12-14-21(17)27-29-23(31)25-19-9-5-2-6-10-19/h1-10,16-17H,11-15H2,(H2,24,28,30)(H2,25,29,31)/b26-20-,27-21+/t16-,17+/m1/s1. The van der Waals surface area contributed by atoms with Gasteiger partial charge < -0.3 is 10.6 Å². The van der Waals surface area contributed by atoms with Gasteiger partial charge in [-0.3, -0.25) is 0 Å². The average molecular weight is 419 g/mol. The Morgan fingerprint density at radius 2 is 1.10 bits per heavy atom. The van der Waals surface area contributed by atoms with Crippen molar-refractivity contribution in [2.24, 2.45) is 22.0 Å². The molecule has 8 nitrogen and oxygen atoms in total. The molecule has 0 radical (unpaired) electrons. The van der Waals surface area contributed by atoms with Crippen molar-refractivity contribution in [3.8, 4) is 0 Å². The lowest BCUT2D eigenvalue weighted by atomic mass is 9.70. The van der Waals surface area contributed by atoms with Crippen LogP contribution in [-0.4, -0.2) is 23.5 Å². The largest absolute Gasteiger partial charge is 0.339 e. The summed E-state index contributed by atoms with van der Waals surface area (Å²) >= 11 is 0. The van der Waals surface area contributed by atoms with Gasteiger partial charge in [-0.25, -0.2) is 20.4 Å². The van der Waals surface area contributed by atoms with Crippen LogP contribution in [0.25, 0.3) is 0 Å². The molecule has 4 rings (SSSR count). The summed E-state index contributed by atoms with van der Waals surface area (Å²) < 4.78 is 0. The number of amides is 4. The highest BCUT2D eigenvalue weighted by Crippen LogP contribution is 2.37. The van der Waals surface area contributed by atoms with Gasteiger partial charge in [-0.1, -0.05) is 36.4 Å². The van der Waals surface area contributed by atoms with E-state index in [4.69, 9.17) is 0 Å². The minimum absolute atomic E-state index is 0.340. The van der Waals surface area contributed by atoms with E-state index in [9.17, 15) is 9.59 Å². The summed E-state index contributed by atoms with van der Waals surface area (Å²) in [5, 5.41) is 14.3. The third kappa shape index (κ3) is 5.69. The summed E-state index contributed by atoms with van der Waals surface area (Å²) in [6.45, 7) is 0. The van der Waals surface area contributed by atoms with E-state index in [1.165, 1.54) is 0 Å². The zero-order chi connectivity index (χ0) is 21.5. The molecule has 0 saturated heterocycles. The highest BCUT2D eigenvalue weighted by Gasteiger charge is 2.34. The van der Waals surface area contributed by atoms with Gasteiger partial charge in [0.25, 0.3) is 0 Å². The number of anilines is 2. The lowest BCUT2D eigenvalue weighted by molar-refractivity contribution is 0.251. The molecular formula is C23H26N6O2. The minimum Gasteiger partial charge on any atom is -0.307 e. The smallest absolute Gasteiger partial charge is 0.307 e. The maximum absolute atomic E-state index is 12.1. The van der Waals surface area contributed by atoms with E-state index < -0.39 is 0 Å². The van der Waals surface area contributed by atoms with Crippen molar-refractivity contribution in [1.82, 2.24) is 10.9 Å². The van der Waals surface area contributed by atoms with Gasteiger partial charge in [0.2, 0.25) is 0 Å². The van der Waals surface area contributed by atoms with Gasteiger partial charge in [-0.05, 0) is 56.4 Å². The molecule has 0 aromatic heterocycles. The Bertz CT molecular complexity index is 895. The molecule has 8 heteroatoms. The highest BCUT2D eigenvalue weighted by molar-refractivity contribution is 5.97. The van der Waals surface area contributed by atoms with Crippen molar-refractivity contribution in [1.29, 1.82) is 0 Å². The van der Waals surface area contributed by atoms with Gasteiger partial charge in [0.15, 0.2) is 0 Å². The van der Waals surface area contributed by atoms with E-state index in [2.05, 4.69) is 31.7 Å². The Kier molecular flexibility index (Phi) is 6.56. The quantitative estimate of drug-likeness (QED) is 0.547. The number of hydrogen-bond donors (Lipinski definition) is 4. The first-order chi connectivity index (χ1) is 15.2. The topological polar surface area (TPSA) is 107 Å². The zero-order valence-corrected chi connectivity index (χ0v) is 17.2. The second-order valence-corrected chi connectivity index (χ2v) is 7.78. The van der Waals surface area contributed by atoms with Crippen LogP contribution < -0.4 is 21.5 Å². The van der Waals surface area contributed by atoms with Gasteiger partial charge in [-0.15, -0.1) is 0 Å². The summed E-state index contributed by atoms with van der Waals surface area (Å²) in [5.41, 5.74) is 8.77. The van der Waals surface area contributed by atoms with Gasteiger partial charge in [0, 0.05) is 34.6 Å². The molecule has 0 unspecified atom stereocenters.